The van der Waals surface area contributed by atoms with Crippen LogP contribution in [0.25, 0.3) is 0 Å². The monoisotopic (exact) mass is 245 g/mol. The van der Waals surface area contributed by atoms with Gasteiger partial charge in [0, 0.05) is 12.6 Å². The molecule has 0 aliphatic rings. The van der Waals surface area contributed by atoms with Gasteiger partial charge in [-0.25, -0.2) is 4.39 Å². The maximum Gasteiger partial charge on any atom is 0.141 e. The molecule has 0 aromatic heterocycles. The van der Waals surface area contributed by atoms with Gasteiger partial charge in [0.2, 0.25) is 0 Å². The van der Waals surface area contributed by atoms with Crippen LogP contribution in [0.3, 0.4) is 0 Å². The van der Waals surface area contributed by atoms with Crippen molar-refractivity contribution in [3.63, 3.8) is 0 Å². The Bertz CT molecular complexity index is 333. The number of benzene rings is 1. The van der Waals surface area contributed by atoms with E-state index >= 15 is 0 Å². The summed E-state index contributed by atoms with van der Waals surface area (Å²) in [5, 5.41) is 12.4. The van der Waals surface area contributed by atoms with Crippen molar-refractivity contribution in [1.29, 1.82) is 0 Å². The van der Waals surface area contributed by atoms with Gasteiger partial charge < -0.3 is 10.4 Å². The Hall–Kier alpha value is -0.640. The van der Waals surface area contributed by atoms with Crippen LogP contribution in [0.2, 0.25) is 5.02 Å². The van der Waals surface area contributed by atoms with Gasteiger partial charge in [-0.2, -0.15) is 0 Å². The van der Waals surface area contributed by atoms with E-state index in [2.05, 4.69) is 12.2 Å². The Kier molecular flexibility index (Phi) is 5.74. The van der Waals surface area contributed by atoms with E-state index < -0.39 is 5.82 Å². The summed E-state index contributed by atoms with van der Waals surface area (Å²) in [6.07, 6.45) is 1.61. The third kappa shape index (κ3) is 3.74. The zero-order chi connectivity index (χ0) is 12.0. The second kappa shape index (κ2) is 6.84. The van der Waals surface area contributed by atoms with E-state index in [0.29, 0.717) is 6.42 Å². The van der Waals surface area contributed by atoms with Crippen LogP contribution in [0.4, 0.5) is 4.39 Å². The summed E-state index contributed by atoms with van der Waals surface area (Å²) < 4.78 is 13.0. The van der Waals surface area contributed by atoms with E-state index in [1.165, 1.54) is 6.07 Å². The molecule has 0 radical (unpaired) electrons. The Morgan fingerprint density at radius 1 is 1.50 bits per heavy atom. The van der Waals surface area contributed by atoms with Crippen molar-refractivity contribution >= 4 is 11.6 Å². The minimum atomic E-state index is -0.413. The largest absolute Gasteiger partial charge is 0.396 e. The summed E-state index contributed by atoms with van der Waals surface area (Å²) in [6.45, 7) is 3.02. The van der Waals surface area contributed by atoms with Crippen molar-refractivity contribution in [1.82, 2.24) is 5.32 Å². The zero-order valence-corrected chi connectivity index (χ0v) is 10.1. The van der Waals surface area contributed by atoms with Crippen LogP contribution in [0.15, 0.2) is 18.2 Å². The van der Waals surface area contributed by atoms with Crippen molar-refractivity contribution in [2.24, 2.45) is 0 Å². The average molecular weight is 246 g/mol. The molecule has 2 N–H and O–H groups in total. The van der Waals surface area contributed by atoms with Gasteiger partial charge >= 0.3 is 0 Å². The minimum Gasteiger partial charge on any atom is -0.396 e. The van der Waals surface area contributed by atoms with Gasteiger partial charge in [0.05, 0.1) is 5.02 Å². The molecule has 4 heteroatoms. The van der Waals surface area contributed by atoms with Gasteiger partial charge in [0.1, 0.15) is 5.82 Å². The second-order valence-corrected chi connectivity index (χ2v) is 4.10. The highest BCUT2D eigenvalue weighted by atomic mass is 35.5. The molecule has 0 spiro atoms. The van der Waals surface area contributed by atoms with Crippen molar-refractivity contribution in [3.05, 3.63) is 34.6 Å². The highest BCUT2D eigenvalue weighted by molar-refractivity contribution is 6.30. The van der Waals surface area contributed by atoms with Crippen LogP contribution in [-0.4, -0.2) is 18.3 Å². The zero-order valence-electron chi connectivity index (χ0n) is 9.34. The first kappa shape index (κ1) is 13.4. The van der Waals surface area contributed by atoms with Crippen LogP contribution in [-0.2, 0) is 0 Å². The maximum absolute atomic E-state index is 13.0. The van der Waals surface area contributed by atoms with Crippen molar-refractivity contribution in [3.8, 4) is 0 Å². The number of nitrogens with one attached hydrogen (secondary N) is 1. The Morgan fingerprint density at radius 3 is 2.81 bits per heavy atom. The molecule has 16 heavy (non-hydrogen) atoms. The molecule has 1 unspecified atom stereocenters. The topological polar surface area (TPSA) is 32.3 Å². The summed E-state index contributed by atoms with van der Waals surface area (Å²) in [6, 6.07) is 4.70. The lowest BCUT2D eigenvalue weighted by Gasteiger charge is -2.18. The normalized spacial score (nSPS) is 12.8. The molecular weight excluding hydrogens is 229 g/mol. The number of aliphatic hydroxyl groups is 1. The smallest absolute Gasteiger partial charge is 0.141 e. The third-order valence-corrected chi connectivity index (χ3v) is 2.69. The first-order valence-electron chi connectivity index (χ1n) is 5.48. The van der Waals surface area contributed by atoms with E-state index in [4.69, 9.17) is 16.7 Å². The molecular formula is C12H17ClFNO. The quantitative estimate of drug-likeness (QED) is 0.808. The molecule has 2 nitrogen and oxygen atoms in total. The molecule has 1 atom stereocenters. The van der Waals surface area contributed by atoms with Crippen molar-refractivity contribution in [2.75, 3.05) is 13.2 Å². The fraction of sp³-hybridized carbons (Fsp3) is 0.500. The first-order chi connectivity index (χ1) is 7.69. The van der Waals surface area contributed by atoms with Crippen LogP contribution in [0.1, 0.15) is 31.4 Å². The molecule has 0 amide bonds. The molecule has 90 valence electrons. The number of rotatable bonds is 6. The summed E-state index contributed by atoms with van der Waals surface area (Å²) in [7, 11) is 0. The van der Waals surface area contributed by atoms with Crippen LogP contribution in [0, 0.1) is 5.82 Å². The fourth-order valence-electron chi connectivity index (χ4n) is 1.56. The summed E-state index contributed by atoms with van der Waals surface area (Å²) >= 11 is 5.73. The molecule has 0 heterocycles. The molecule has 1 rings (SSSR count). The molecule has 0 aliphatic heterocycles. The van der Waals surface area contributed by atoms with Gasteiger partial charge in [-0.15, -0.1) is 0 Å². The second-order valence-electron chi connectivity index (χ2n) is 3.69. The Balaban J connectivity index is 2.78. The minimum absolute atomic E-state index is 0.0306. The number of hydrogen-bond acceptors (Lipinski definition) is 2. The molecule has 0 saturated heterocycles. The summed E-state index contributed by atoms with van der Waals surface area (Å²) in [4.78, 5) is 0. The lowest BCUT2D eigenvalue weighted by Crippen LogP contribution is -2.23. The van der Waals surface area contributed by atoms with Crippen LogP contribution >= 0.6 is 11.6 Å². The predicted molar refractivity (Wildman–Crippen MR) is 64.1 cm³/mol. The van der Waals surface area contributed by atoms with Gasteiger partial charge in [0.25, 0.3) is 0 Å². The van der Waals surface area contributed by atoms with E-state index in [9.17, 15) is 4.39 Å². The Morgan fingerprint density at radius 2 is 2.25 bits per heavy atom. The Labute approximate surface area is 100 Å². The highest BCUT2D eigenvalue weighted by Gasteiger charge is 2.11. The van der Waals surface area contributed by atoms with E-state index in [0.717, 1.165) is 18.5 Å². The average Bonchev–Trinajstić information content (AvgIpc) is 2.28. The van der Waals surface area contributed by atoms with Gasteiger partial charge in [-0.1, -0.05) is 24.6 Å². The van der Waals surface area contributed by atoms with E-state index in [1.807, 2.05) is 0 Å². The number of halogens is 2. The lowest BCUT2D eigenvalue weighted by molar-refractivity contribution is 0.265. The first-order valence-corrected chi connectivity index (χ1v) is 5.86. The molecule has 0 saturated carbocycles. The third-order valence-electron chi connectivity index (χ3n) is 2.40. The molecule has 0 fully saturated rings. The highest BCUT2D eigenvalue weighted by Crippen LogP contribution is 2.22. The molecule has 0 bridgehead atoms. The van der Waals surface area contributed by atoms with Gasteiger partial charge in [-0.3, -0.25) is 0 Å². The van der Waals surface area contributed by atoms with E-state index in [-0.39, 0.29) is 17.7 Å². The SMILES string of the molecule is CCCNC(CCO)c1ccc(F)c(Cl)c1. The predicted octanol–water partition coefficient (Wildman–Crippen LogP) is 2.90. The standard InChI is InChI=1S/C12H17ClFNO/c1-2-6-15-12(5-7-16)9-3-4-11(14)10(13)8-9/h3-4,8,12,15-16H,2,5-7H2,1H3. The maximum atomic E-state index is 13.0. The van der Waals surface area contributed by atoms with Crippen molar-refractivity contribution < 1.29 is 9.50 Å². The summed E-state index contributed by atoms with van der Waals surface area (Å²) in [5.74, 6) is -0.413. The van der Waals surface area contributed by atoms with Gasteiger partial charge in [0.15, 0.2) is 0 Å². The van der Waals surface area contributed by atoms with Gasteiger partial charge in [-0.05, 0) is 37.1 Å². The van der Waals surface area contributed by atoms with E-state index in [1.54, 1.807) is 12.1 Å². The number of aliphatic hydroxyl groups excluding tert-OH is 1. The fourth-order valence-corrected chi connectivity index (χ4v) is 1.75. The molecule has 0 aliphatic carbocycles. The molecule has 1 aromatic rings. The summed E-state index contributed by atoms with van der Waals surface area (Å²) in [5.41, 5.74) is 0.911. The number of hydrogen-bond donors (Lipinski definition) is 2. The van der Waals surface area contributed by atoms with Crippen LogP contribution < -0.4 is 5.32 Å². The van der Waals surface area contributed by atoms with Crippen molar-refractivity contribution in [2.45, 2.75) is 25.8 Å². The van der Waals surface area contributed by atoms with Crippen LogP contribution in [0.5, 0.6) is 0 Å². The molecule has 1 aromatic carbocycles. The lowest BCUT2D eigenvalue weighted by atomic mass is 10.0.